The van der Waals surface area contributed by atoms with Crippen molar-refractivity contribution in [3.8, 4) is 0 Å². The maximum Gasteiger partial charge on any atom is 0.326 e. The third kappa shape index (κ3) is 5.48. The Kier molecular flexibility index (Phi) is 7.34. The highest BCUT2D eigenvalue weighted by Crippen LogP contribution is 2.30. The fourth-order valence-corrected chi connectivity index (χ4v) is 3.97. The number of ether oxygens (including phenoxy) is 1. The molecule has 23 heavy (non-hydrogen) atoms. The van der Waals surface area contributed by atoms with Crippen LogP contribution < -0.4 is 5.32 Å². The Balaban J connectivity index is 1.90. The monoisotopic (exact) mass is 325 g/mol. The second kappa shape index (κ2) is 9.26. The molecular weight excluding hydrogens is 294 g/mol. The highest BCUT2D eigenvalue weighted by atomic mass is 16.5. The van der Waals surface area contributed by atoms with Crippen LogP contribution >= 0.6 is 0 Å². The highest BCUT2D eigenvalue weighted by molar-refractivity contribution is 5.85. The second-order valence-corrected chi connectivity index (χ2v) is 7.15. The van der Waals surface area contributed by atoms with Gasteiger partial charge in [0, 0.05) is 18.4 Å². The number of nitrogens with one attached hydrogen (secondary N) is 1. The minimum absolute atomic E-state index is 0.0653. The summed E-state index contributed by atoms with van der Waals surface area (Å²) in [7, 11) is 0. The number of hydrogen-bond donors (Lipinski definition) is 2. The van der Waals surface area contributed by atoms with Crippen molar-refractivity contribution in [3.63, 3.8) is 0 Å². The largest absolute Gasteiger partial charge is 0.480 e. The highest BCUT2D eigenvalue weighted by Gasteiger charge is 2.33. The van der Waals surface area contributed by atoms with Crippen LogP contribution in [0, 0.1) is 17.8 Å². The van der Waals surface area contributed by atoms with E-state index in [9.17, 15) is 14.7 Å². The van der Waals surface area contributed by atoms with E-state index in [1.165, 1.54) is 32.1 Å². The van der Waals surface area contributed by atoms with Gasteiger partial charge in [-0.15, -0.1) is 0 Å². The lowest BCUT2D eigenvalue weighted by atomic mass is 9.81. The fourth-order valence-electron chi connectivity index (χ4n) is 3.97. The standard InChI is InChI=1S/C18H31NO4/c1-2-14(11-13-7-4-3-5-8-13)17(20)19-16(18(21)22)15-9-6-10-23-12-15/h13-16H,2-12H2,1H3,(H,19,20)(H,21,22). The zero-order valence-electron chi connectivity index (χ0n) is 14.3. The van der Waals surface area contributed by atoms with Gasteiger partial charge < -0.3 is 15.2 Å². The Morgan fingerprint density at radius 2 is 1.91 bits per heavy atom. The van der Waals surface area contributed by atoms with Crippen molar-refractivity contribution in [2.45, 2.75) is 70.8 Å². The fraction of sp³-hybridized carbons (Fsp3) is 0.889. The molecule has 132 valence electrons. The van der Waals surface area contributed by atoms with Gasteiger partial charge in [0.15, 0.2) is 0 Å². The predicted molar refractivity (Wildman–Crippen MR) is 88.1 cm³/mol. The minimum atomic E-state index is -0.943. The topological polar surface area (TPSA) is 75.6 Å². The lowest BCUT2D eigenvalue weighted by Crippen LogP contribution is -2.50. The van der Waals surface area contributed by atoms with Crippen molar-refractivity contribution in [2.24, 2.45) is 17.8 Å². The normalized spacial score (nSPS) is 25.5. The minimum Gasteiger partial charge on any atom is -0.480 e. The average molecular weight is 325 g/mol. The van der Waals surface area contributed by atoms with Crippen molar-refractivity contribution in [2.75, 3.05) is 13.2 Å². The van der Waals surface area contributed by atoms with Gasteiger partial charge in [-0.05, 0) is 31.6 Å². The zero-order chi connectivity index (χ0) is 16.7. The Hall–Kier alpha value is -1.10. The van der Waals surface area contributed by atoms with Crippen LogP contribution in [0.1, 0.15) is 64.7 Å². The number of amides is 1. The summed E-state index contributed by atoms with van der Waals surface area (Å²) in [5.41, 5.74) is 0. The molecular formula is C18H31NO4. The quantitative estimate of drug-likeness (QED) is 0.754. The molecule has 1 heterocycles. The maximum absolute atomic E-state index is 12.6. The molecule has 0 aromatic rings. The molecule has 0 radical (unpaired) electrons. The molecule has 2 N–H and O–H groups in total. The maximum atomic E-state index is 12.6. The molecule has 0 aromatic heterocycles. The van der Waals surface area contributed by atoms with E-state index < -0.39 is 12.0 Å². The summed E-state index contributed by atoms with van der Waals surface area (Å²) in [4.78, 5) is 24.2. The first-order chi connectivity index (χ1) is 11.1. The molecule has 1 aliphatic carbocycles. The van der Waals surface area contributed by atoms with Crippen LogP contribution in [0.4, 0.5) is 0 Å². The molecule has 1 aliphatic heterocycles. The molecule has 5 heteroatoms. The van der Waals surface area contributed by atoms with E-state index in [4.69, 9.17) is 4.74 Å². The summed E-state index contributed by atoms with van der Waals surface area (Å²) < 4.78 is 5.39. The molecule has 2 fully saturated rings. The van der Waals surface area contributed by atoms with Crippen LogP contribution in [-0.2, 0) is 14.3 Å². The van der Waals surface area contributed by atoms with Gasteiger partial charge in [0.2, 0.25) is 5.91 Å². The number of carbonyl (C=O) groups is 2. The summed E-state index contributed by atoms with van der Waals surface area (Å²) in [5.74, 6) is -0.583. The SMILES string of the molecule is CCC(CC1CCCCC1)C(=O)NC(C(=O)O)C1CCCOC1. The third-order valence-corrected chi connectivity index (χ3v) is 5.44. The van der Waals surface area contributed by atoms with Crippen molar-refractivity contribution in [1.82, 2.24) is 5.32 Å². The first-order valence-corrected chi connectivity index (χ1v) is 9.22. The Morgan fingerprint density at radius 3 is 2.48 bits per heavy atom. The first kappa shape index (κ1) is 18.2. The van der Waals surface area contributed by atoms with Crippen molar-refractivity contribution in [3.05, 3.63) is 0 Å². The zero-order valence-corrected chi connectivity index (χ0v) is 14.3. The second-order valence-electron chi connectivity index (χ2n) is 7.15. The number of aliphatic carboxylic acids is 1. The van der Waals surface area contributed by atoms with Crippen molar-refractivity contribution in [1.29, 1.82) is 0 Å². The Labute approximate surface area is 139 Å². The average Bonchev–Trinajstić information content (AvgIpc) is 2.58. The van der Waals surface area contributed by atoms with Gasteiger partial charge in [0.1, 0.15) is 6.04 Å². The Morgan fingerprint density at radius 1 is 1.17 bits per heavy atom. The van der Waals surface area contributed by atoms with E-state index in [1.807, 2.05) is 6.92 Å². The molecule has 2 rings (SSSR count). The van der Waals surface area contributed by atoms with E-state index in [2.05, 4.69) is 5.32 Å². The summed E-state index contributed by atoms with van der Waals surface area (Å²) in [5, 5.41) is 12.3. The summed E-state index contributed by atoms with van der Waals surface area (Å²) in [6.07, 6.45) is 9.60. The smallest absolute Gasteiger partial charge is 0.326 e. The van der Waals surface area contributed by atoms with E-state index in [0.717, 1.165) is 25.7 Å². The molecule has 0 spiro atoms. The molecule has 2 aliphatic rings. The third-order valence-electron chi connectivity index (χ3n) is 5.44. The molecule has 1 saturated carbocycles. The van der Waals surface area contributed by atoms with Gasteiger partial charge in [-0.2, -0.15) is 0 Å². The van der Waals surface area contributed by atoms with Crippen LogP contribution in [0.5, 0.6) is 0 Å². The predicted octanol–water partition coefficient (Wildman–Crippen LogP) is 2.98. The van der Waals surface area contributed by atoms with Crippen LogP contribution in [0.3, 0.4) is 0 Å². The molecule has 1 amide bonds. The van der Waals surface area contributed by atoms with Gasteiger partial charge in [-0.1, -0.05) is 39.0 Å². The summed E-state index contributed by atoms with van der Waals surface area (Å²) in [6, 6.07) is -0.816. The molecule has 5 nitrogen and oxygen atoms in total. The van der Waals surface area contributed by atoms with E-state index >= 15 is 0 Å². The van der Waals surface area contributed by atoms with Gasteiger partial charge in [-0.3, -0.25) is 4.79 Å². The number of carboxylic acids is 1. The van der Waals surface area contributed by atoms with Crippen LogP contribution in [0.15, 0.2) is 0 Å². The summed E-state index contributed by atoms with van der Waals surface area (Å²) in [6.45, 7) is 3.14. The van der Waals surface area contributed by atoms with Gasteiger partial charge in [0.25, 0.3) is 0 Å². The number of rotatable bonds is 7. The Bertz CT molecular complexity index is 386. The van der Waals surface area contributed by atoms with Crippen LogP contribution in [-0.4, -0.2) is 36.2 Å². The van der Waals surface area contributed by atoms with E-state index in [0.29, 0.717) is 19.1 Å². The van der Waals surface area contributed by atoms with E-state index in [-0.39, 0.29) is 17.7 Å². The van der Waals surface area contributed by atoms with E-state index in [1.54, 1.807) is 0 Å². The number of carboxylic acid groups (broad SMARTS) is 1. The molecule has 3 atom stereocenters. The lowest BCUT2D eigenvalue weighted by molar-refractivity contribution is -0.146. The van der Waals surface area contributed by atoms with Gasteiger partial charge in [0.05, 0.1) is 6.61 Å². The summed E-state index contributed by atoms with van der Waals surface area (Å²) >= 11 is 0. The molecule has 0 bridgehead atoms. The first-order valence-electron chi connectivity index (χ1n) is 9.22. The van der Waals surface area contributed by atoms with Crippen LogP contribution in [0.2, 0.25) is 0 Å². The lowest BCUT2D eigenvalue weighted by Gasteiger charge is -2.30. The van der Waals surface area contributed by atoms with Crippen LogP contribution in [0.25, 0.3) is 0 Å². The molecule has 3 unspecified atom stereocenters. The molecule has 1 saturated heterocycles. The number of hydrogen-bond acceptors (Lipinski definition) is 3. The van der Waals surface area contributed by atoms with Gasteiger partial charge >= 0.3 is 5.97 Å². The molecule has 0 aromatic carbocycles. The van der Waals surface area contributed by atoms with Gasteiger partial charge in [-0.25, -0.2) is 4.79 Å². The number of carbonyl (C=O) groups excluding carboxylic acids is 1. The van der Waals surface area contributed by atoms with Crippen molar-refractivity contribution >= 4 is 11.9 Å². The van der Waals surface area contributed by atoms with Crippen molar-refractivity contribution < 1.29 is 19.4 Å².